The third kappa shape index (κ3) is 5.38. The highest BCUT2D eigenvalue weighted by Crippen LogP contribution is 2.27. The van der Waals surface area contributed by atoms with Crippen LogP contribution in [0.2, 0.25) is 0 Å². The molecule has 30 heavy (non-hydrogen) atoms. The van der Waals surface area contributed by atoms with Crippen LogP contribution in [-0.2, 0) is 14.8 Å². The van der Waals surface area contributed by atoms with Gasteiger partial charge in [0.05, 0.1) is 24.2 Å². The van der Waals surface area contributed by atoms with E-state index in [4.69, 9.17) is 9.47 Å². The van der Waals surface area contributed by atoms with Gasteiger partial charge in [-0.05, 0) is 68.8 Å². The lowest BCUT2D eigenvalue weighted by atomic mass is 10.1. The summed E-state index contributed by atoms with van der Waals surface area (Å²) in [6.45, 7) is 3.99. The largest absolute Gasteiger partial charge is 0.497 e. The van der Waals surface area contributed by atoms with Gasteiger partial charge in [-0.1, -0.05) is 18.2 Å². The molecule has 1 saturated heterocycles. The number of likely N-dealkylation sites (tertiary alicyclic amines) is 1. The van der Waals surface area contributed by atoms with Crippen molar-refractivity contribution in [3.05, 3.63) is 59.7 Å². The van der Waals surface area contributed by atoms with E-state index in [2.05, 4.69) is 9.62 Å². The van der Waals surface area contributed by atoms with Gasteiger partial charge in [-0.3, -0.25) is 4.90 Å². The predicted molar refractivity (Wildman–Crippen MR) is 114 cm³/mol. The number of hydrogen-bond acceptors (Lipinski definition) is 6. The molecule has 1 unspecified atom stereocenters. The summed E-state index contributed by atoms with van der Waals surface area (Å²) in [4.78, 5) is 14.3. The molecule has 0 radical (unpaired) electrons. The summed E-state index contributed by atoms with van der Waals surface area (Å²) in [5.74, 6) is 0.197. The second-order valence-corrected chi connectivity index (χ2v) is 8.90. The van der Waals surface area contributed by atoms with Crippen LogP contribution < -0.4 is 9.46 Å². The summed E-state index contributed by atoms with van der Waals surface area (Å²) in [6.07, 6.45) is 2.18. The van der Waals surface area contributed by atoms with E-state index in [0.29, 0.717) is 0 Å². The molecular formula is C22H28N2O5S. The van der Waals surface area contributed by atoms with E-state index >= 15 is 0 Å². The van der Waals surface area contributed by atoms with Crippen molar-refractivity contribution in [3.63, 3.8) is 0 Å². The average molecular weight is 433 g/mol. The molecule has 2 aromatic carbocycles. The standard InChI is InChI=1S/C22H28N2O5S/c1-3-29-22(25)18-9-7-11-20(15-18)30(26,27)23-16-21(24-12-4-5-13-24)17-8-6-10-19(14-17)28-2/h6-11,14-15,21,23H,3-5,12-13,16H2,1-2H3. The zero-order valence-electron chi connectivity index (χ0n) is 17.3. The summed E-state index contributed by atoms with van der Waals surface area (Å²) in [6, 6.07) is 13.5. The summed E-state index contributed by atoms with van der Waals surface area (Å²) < 4.78 is 38.9. The Morgan fingerprint density at radius 2 is 1.87 bits per heavy atom. The van der Waals surface area contributed by atoms with Crippen molar-refractivity contribution < 1.29 is 22.7 Å². The van der Waals surface area contributed by atoms with Crippen molar-refractivity contribution in [2.75, 3.05) is 33.4 Å². The maximum atomic E-state index is 12.9. The zero-order valence-corrected chi connectivity index (χ0v) is 18.2. The molecule has 162 valence electrons. The number of ether oxygens (including phenoxy) is 2. The first-order valence-electron chi connectivity index (χ1n) is 10.1. The van der Waals surface area contributed by atoms with Gasteiger partial charge in [-0.25, -0.2) is 17.9 Å². The molecule has 1 aliphatic heterocycles. The fourth-order valence-electron chi connectivity index (χ4n) is 3.64. The predicted octanol–water partition coefficient (Wildman–Crippen LogP) is 2.99. The molecule has 1 aliphatic rings. The molecule has 1 N–H and O–H groups in total. The molecule has 1 heterocycles. The molecule has 7 nitrogen and oxygen atoms in total. The minimum atomic E-state index is -3.80. The summed E-state index contributed by atoms with van der Waals surface area (Å²) in [5.41, 5.74) is 1.21. The van der Waals surface area contributed by atoms with Gasteiger partial charge in [0, 0.05) is 12.6 Å². The molecule has 0 spiro atoms. The van der Waals surface area contributed by atoms with E-state index in [1.165, 1.54) is 12.1 Å². The Hall–Kier alpha value is -2.42. The number of sulfonamides is 1. The van der Waals surface area contributed by atoms with Crippen LogP contribution in [-0.4, -0.2) is 52.6 Å². The number of benzene rings is 2. The molecule has 0 aromatic heterocycles. The topological polar surface area (TPSA) is 84.9 Å². The normalized spacial score (nSPS) is 15.7. The Morgan fingerprint density at radius 1 is 1.13 bits per heavy atom. The van der Waals surface area contributed by atoms with Crippen LogP contribution in [0.25, 0.3) is 0 Å². The first kappa shape index (κ1) is 22.3. The smallest absolute Gasteiger partial charge is 0.338 e. The van der Waals surface area contributed by atoms with E-state index in [0.717, 1.165) is 37.2 Å². The number of nitrogens with one attached hydrogen (secondary N) is 1. The summed E-state index contributed by atoms with van der Waals surface area (Å²) in [7, 11) is -2.18. The SMILES string of the molecule is CCOC(=O)c1cccc(S(=O)(=O)NCC(c2cccc(OC)c2)N2CCCC2)c1. The third-order valence-corrected chi connectivity index (χ3v) is 6.60. The van der Waals surface area contributed by atoms with Gasteiger partial charge in [0.25, 0.3) is 0 Å². The van der Waals surface area contributed by atoms with Crippen LogP contribution in [0, 0.1) is 0 Å². The van der Waals surface area contributed by atoms with Crippen LogP contribution in [0.15, 0.2) is 53.4 Å². The molecule has 8 heteroatoms. The summed E-state index contributed by atoms with van der Waals surface area (Å²) in [5, 5.41) is 0. The van der Waals surface area contributed by atoms with E-state index in [1.807, 2.05) is 24.3 Å². The number of carbonyl (C=O) groups is 1. The van der Waals surface area contributed by atoms with Crippen molar-refractivity contribution in [3.8, 4) is 5.75 Å². The van der Waals surface area contributed by atoms with Crippen LogP contribution in [0.3, 0.4) is 0 Å². The van der Waals surface area contributed by atoms with Crippen molar-refractivity contribution in [2.45, 2.75) is 30.7 Å². The van der Waals surface area contributed by atoms with Gasteiger partial charge >= 0.3 is 5.97 Å². The first-order valence-corrected chi connectivity index (χ1v) is 11.6. The molecule has 0 bridgehead atoms. The molecule has 0 amide bonds. The Labute approximate surface area is 178 Å². The number of carbonyl (C=O) groups excluding carboxylic acids is 1. The Kier molecular flexibility index (Phi) is 7.47. The monoisotopic (exact) mass is 432 g/mol. The number of rotatable bonds is 9. The highest BCUT2D eigenvalue weighted by Gasteiger charge is 2.26. The molecule has 1 atom stereocenters. The molecule has 0 saturated carbocycles. The Balaban J connectivity index is 1.80. The maximum absolute atomic E-state index is 12.9. The number of hydrogen-bond donors (Lipinski definition) is 1. The minimum Gasteiger partial charge on any atom is -0.497 e. The summed E-state index contributed by atoms with van der Waals surface area (Å²) >= 11 is 0. The van der Waals surface area contributed by atoms with Crippen LogP contribution >= 0.6 is 0 Å². The fraction of sp³-hybridized carbons (Fsp3) is 0.409. The van der Waals surface area contributed by atoms with Crippen LogP contribution in [0.1, 0.15) is 41.7 Å². The van der Waals surface area contributed by atoms with E-state index in [1.54, 1.807) is 26.2 Å². The quantitative estimate of drug-likeness (QED) is 0.613. The second kappa shape index (κ2) is 10.1. The number of nitrogens with zero attached hydrogens (tertiary/aromatic N) is 1. The molecule has 0 aliphatic carbocycles. The lowest BCUT2D eigenvalue weighted by Crippen LogP contribution is -2.36. The average Bonchev–Trinajstić information content (AvgIpc) is 3.29. The number of methoxy groups -OCH3 is 1. The molecule has 2 aromatic rings. The Bertz CT molecular complexity index is 971. The fourth-order valence-corrected chi connectivity index (χ4v) is 4.72. The van der Waals surface area contributed by atoms with Crippen LogP contribution in [0.4, 0.5) is 0 Å². The third-order valence-electron chi connectivity index (χ3n) is 5.18. The number of esters is 1. The lowest BCUT2D eigenvalue weighted by molar-refractivity contribution is 0.0526. The van der Waals surface area contributed by atoms with Crippen molar-refractivity contribution in [1.29, 1.82) is 0 Å². The van der Waals surface area contributed by atoms with Gasteiger partial charge in [0.2, 0.25) is 10.0 Å². The molecule has 1 fully saturated rings. The second-order valence-electron chi connectivity index (χ2n) is 7.14. The van der Waals surface area contributed by atoms with Crippen molar-refractivity contribution in [2.24, 2.45) is 0 Å². The highest BCUT2D eigenvalue weighted by atomic mass is 32.2. The van der Waals surface area contributed by atoms with Gasteiger partial charge in [0.1, 0.15) is 5.75 Å². The van der Waals surface area contributed by atoms with Gasteiger partial charge in [-0.2, -0.15) is 0 Å². The van der Waals surface area contributed by atoms with E-state index < -0.39 is 16.0 Å². The van der Waals surface area contributed by atoms with Gasteiger partial charge < -0.3 is 9.47 Å². The van der Waals surface area contributed by atoms with Crippen molar-refractivity contribution >= 4 is 16.0 Å². The van der Waals surface area contributed by atoms with Gasteiger partial charge in [0.15, 0.2) is 0 Å². The molecular weight excluding hydrogens is 404 g/mol. The minimum absolute atomic E-state index is 0.0406. The van der Waals surface area contributed by atoms with Crippen LogP contribution in [0.5, 0.6) is 5.75 Å². The Morgan fingerprint density at radius 3 is 2.57 bits per heavy atom. The highest BCUT2D eigenvalue weighted by molar-refractivity contribution is 7.89. The van der Waals surface area contributed by atoms with Crippen molar-refractivity contribution in [1.82, 2.24) is 9.62 Å². The zero-order chi connectivity index (χ0) is 21.6. The lowest BCUT2D eigenvalue weighted by Gasteiger charge is -2.28. The molecule has 3 rings (SSSR count). The maximum Gasteiger partial charge on any atom is 0.338 e. The first-order chi connectivity index (χ1) is 14.4. The van der Waals surface area contributed by atoms with E-state index in [-0.39, 0.29) is 29.7 Å². The van der Waals surface area contributed by atoms with Gasteiger partial charge in [-0.15, -0.1) is 0 Å². The van der Waals surface area contributed by atoms with E-state index in [9.17, 15) is 13.2 Å².